The monoisotopic (exact) mass is 581 g/mol. The summed E-state index contributed by atoms with van der Waals surface area (Å²) in [5.74, 6) is 5.83. The molecule has 2 spiro atoms. The Morgan fingerprint density at radius 3 is 2.58 bits per heavy atom. The first kappa shape index (κ1) is 27.8. The number of carbonyl (C=O) groups is 2. The van der Waals surface area contributed by atoms with E-state index in [-0.39, 0.29) is 24.8 Å². The van der Waals surface area contributed by atoms with Gasteiger partial charge < -0.3 is 5.32 Å². The molecule has 43 heavy (non-hydrogen) atoms. The van der Waals surface area contributed by atoms with Crippen molar-refractivity contribution >= 4 is 17.5 Å². The summed E-state index contributed by atoms with van der Waals surface area (Å²) in [6.07, 6.45) is 7.97. The maximum Gasteiger partial charge on any atom is 0.237 e. The number of ketones is 1. The van der Waals surface area contributed by atoms with Crippen LogP contribution in [-0.2, 0) is 33.4 Å². The lowest BCUT2D eigenvalue weighted by Gasteiger charge is -2.42. The number of pyridine rings is 2. The first-order valence-corrected chi connectivity index (χ1v) is 14.8. The van der Waals surface area contributed by atoms with E-state index in [9.17, 15) is 18.4 Å². The molecule has 1 N–H and O–H groups in total. The molecule has 3 aromatic rings. The summed E-state index contributed by atoms with van der Waals surface area (Å²) in [6, 6.07) is 9.38. The summed E-state index contributed by atoms with van der Waals surface area (Å²) in [5, 5.41) is 2.92. The van der Waals surface area contributed by atoms with Gasteiger partial charge in [0.05, 0.1) is 29.6 Å². The van der Waals surface area contributed by atoms with Crippen LogP contribution in [-0.4, -0.2) is 63.7 Å². The molecule has 2 aromatic heterocycles. The zero-order valence-corrected chi connectivity index (χ0v) is 24.3. The minimum Gasteiger partial charge on any atom is -0.310 e. The number of Topliss-reactive ketones (excluding diaryl/α,β-unsaturated/α-hetero) is 1. The predicted octanol–water partition coefficient (Wildman–Crippen LogP) is 4.14. The lowest BCUT2D eigenvalue weighted by molar-refractivity contribution is -0.129. The smallest absolute Gasteiger partial charge is 0.237 e. The van der Waals surface area contributed by atoms with Crippen LogP contribution in [0, 0.1) is 23.5 Å². The van der Waals surface area contributed by atoms with Crippen molar-refractivity contribution in [3.05, 3.63) is 88.4 Å². The normalized spacial score (nSPS) is 26.2. The number of likely N-dealkylation sites (N-methyl/N-ethyl adjacent to an activating group) is 1. The van der Waals surface area contributed by atoms with Gasteiger partial charge in [-0.25, -0.2) is 13.8 Å². The zero-order valence-electron chi connectivity index (χ0n) is 24.3. The highest BCUT2D eigenvalue weighted by atomic mass is 19.1. The number of amides is 1. The van der Waals surface area contributed by atoms with Gasteiger partial charge in [0.25, 0.3) is 0 Å². The number of carbonyl (C=O) groups excluding carboxylic acids is 2. The lowest BCUT2D eigenvalue weighted by atomic mass is 9.80. The Morgan fingerprint density at radius 1 is 1.05 bits per heavy atom. The number of halogens is 2. The summed E-state index contributed by atoms with van der Waals surface area (Å²) in [4.78, 5) is 39.9. The molecule has 2 aliphatic carbocycles. The van der Waals surface area contributed by atoms with E-state index in [2.05, 4.69) is 32.0 Å². The summed E-state index contributed by atoms with van der Waals surface area (Å²) in [6.45, 7) is 2.74. The Hall–Kier alpha value is -4.00. The fourth-order valence-corrected chi connectivity index (χ4v) is 7.83. The number of hydrogen-bond acceptors (Lipinski definition) is 6. The Bertz CT molecular complexity index is 1700. The molecule has 0 radical (unpaired) electrons. The number of benzene rings is 1. The molecule has 4 heterocycles. The Balaban J connectivity index is 1.18. The zero-order chi connectivity index (χ0) is 30.0. The average Bonchev–Trinajstić information content (AvgIpc) is 3.67. The van der Waals surface area contributed by atoms with E-state index in [0.29, 0.717) is 36.3 Å². The average molecular weight is 582 g/mol. The van der Waals surface area contributed by atoms with Gasteiger partial charge in [-0.15, -0.1) is 0 Å². The second kappa shape index (κ2) is 10.0. The van der Waals surface area contributed by atoms with Gasteiger partial charge in [-0.1, -0.05) is 30.7 Å². The van der Waals surface area contributed by atoms with E-state index in [1.165, 1.54) is 12.1 Å². The molecule has 4 aliphatic rings. The molecule has 220 valence electrons. The van der Waals surface area contributed by atoms with Crippen LogP contribution in [0.15, 0.2) is 48.8 Å². The van der Waals surface area contributed by atoms with Crippen LogP contribution in [0.4, 0.5) is 14.6 Å². The van der Waals surface area contributed by atoms with Crippen molar-refractivity contribution in [2.45, 2.75) is 61.9 Å². The molecular weight excluding hydrogens is 548 g/mol. The van der Waals surface area contributed by atoms with Crippen molar-refractivity contribution in [3.63, 3.8) is 0 Å². The first-order chi connectivity index (χ1) is 20.6. The second-order valence-electron chi connectivity index (χ2n) is 12.7. The first-order valence-electron chi connectivity index (χ1n) is 14.8. The molecule has 7 nitrogen and oxygen atoms in total. The molecule has 2 atom stereocenters. The summed E-state index contributed by atoms with van der Waals surface area (Å²) < 4.78 is 28.9. The quantitative estimate of drug-likeness (QED) is 0.459. The van der Waals surface area contributed by atoms with Crippen molar-refractivity contribution in [1.82, 2.24) is 19.8 Å². The number of hydrogen-bond donors (Lipinski definition) is 1. The highest BCUT2D eigenvalue weighted by Crippen LogP contribution is 2.46. The second-order valence-corrected chi connectivity index (χ2v) is 12.7. The summed E-state index contributed by atoms with van der Waals surface area (Å²) in [5.41, 5.74) is 1.83. The third-order valence-electron chi connectivity index (χ3n) is 10.3. The van der Waals surface area contributed by atoms with Gasteiger partial charge in [0.15, 0.2) is 5.78 Å². The van der Waals surface area contributed by atoms with E-state index in [4.69, 9.17) is 0 Å². The third-order valence-corrected chi connectivity index (χ3v) is 10.3. The number of fused-ring (bicyclic) bond motifs is 3. The topological polar surface area (TPSA) is 78.4 Å². The van der Waals surface area contributed by atoms with Crippen LogP contribution in [0.1, 0.15) is 60.6 Å². The standard InChI is InChI=1S/C34H33F2N5O2/c1-32(24-14-25(35)16-26(36)15-24)21-40(2)34(9-3-4-10-34)29(42)20-41(32)12-6-7-22-13-23-17-33(18-28(23)38-19-22)27-8-5-11-37-30(27)39-31(33)43/h5,8,11,13-16,19H,3-4,9-10,12,17-18,20-21H2,1-2H3,(H,37,39,43). The highest BCUT2D eigenvalue weighted by molar-refractivity contribution is 6.06. The summed E-state index contributed by atoms with van der Waals surface area (Å²) in [7, 11) is 1.95. The van der Waals surface area contributed by atoms with Crippen molar-refractivity contribution in [2.75, 3.05) is 32.0 Å². The lowest BCUT2D eigenvalue weighted by Crippen LogP contribution is -2.52. The number of nitrogens with one attached hydrogen (secondary N) is 1. The van der Waals surface area contributed by atoms with E-state index in [1.807, 2.05) is 37.1 Å². The molecule has 7 rings (SSSR count). The van der Waals surface area contributed by atoms with Gasteiger partial charge in [-0.3, -0.25) is 24.4 Å². The van der Waals surface area contributed by atoms with E-state index in [1.54, 1.807) is 12.4 Å². The molecule has 2 fully saturated rings. The van der Waals surface area contributed by atoms with Crippen LogP contribution in [0.5, 0.6) is 0 Å². The number of aromatic nitrogens is 2. The molecule has 1 saturated carbocycles. The molecule has 0 bridgehead atoms. The fraction of sp³-hybridized carbons (Fsp3) is 0.412. The number of rotatable bonds is 2. The number of anilines is 1. The van der Waals surface area contributed by atoms with Crippen molar-refractivity contribution in [3.8, 4) is 11.8 Å². The molecule has 1 amide bonds. The molecule has 1 saturated heterocycles. The fourth-order valence-electron chi connectivity index (χ4n) is 7.83. The van der Waals surface area contributed by atoms with Crippen molar-refractivity contribution in [1.29, 1.82) is 0 Å². The Kier molecular flexibility index (Phi) is 6.49. The van der Waals surface area contributed by atoms with Gasteiger partial charge in [0.2, 0.25) is 5.91 Å². The number of nitrogens with zero attached hydrogens (tertiary/aromatic N) is 4. The van der Waals surface area contributed by atoms with Crippen LogP contribution >= 0.6 is 0 Å². The van der Waals surface area contributed by atoms with Gasteiger partial charge >= 0.3 is 0 Å². The molecule has 2 aliphatic heterocycles. The predicted molar refractivity (Wildman–Crippen MR) is 157 cm³/mol. The van der Waals surface area contributed by atoms with E-state index in [0.717, 1.165) is 48.6 Å². The SMILES string of the molecule is CN1CC(C)(c2cc(F)cc(F)c2)N(CC#Cc2cnc3c(c2)CC2(C3)C(=O)Nc3ncccc32)CC(=O)C12CCCC2. The maximum atomic E-state index is 14.4. The Labute approximate surface area is 249 Å². The van der Waals surface area contributed by atoms with Gasteiger partial charge in [0.1, 0.15) is 17.5 Å². The van der Waals surface area contributed by atoms with Gasteiger partial charge in [-0.05, 0) is 68.6 Å². The molecule has 9 heteroatoms. The highest BCUT2D eigenvalue weighted by Gasteiger charge is 2.53. The van der Waals surface area contributed by atoms with Gasteiger partial charge in [0, 0.05) is 48.2 Å². The largest absolute Gasteiger partial charge is 0.310 e. The summed E-state index contributed by atoms with van der Waals surface area (Å²) >= 11 is 0. The van der Waals surface area contributed by atoms with Crippen molar-refractivity contribution in [2.24, 2.45) is 0 Å². The van der Waals surface area contributed by atoms with Crippen LogP contribution < -0.4 is 5.32 Å². The molecule has 2 unspecified atom stereocenters. The van der Waals surface area contributed by atoms with E-state index >= 15 is 0 Å². The molecule has 1 aromatic carbocycles. The third kappa shape index (κ3) is 4.38. The van der Waals surface area contributed by atoms with Crippen molar-refractivity contribution < 1.29 is 18.4 Å². The maximum absolute atomic E-state index is 14.4. The Morgan fingerprint density at radius 2 is 1.81 bits per heavy atom. The minimum absolute atomic E-state index is 0.0595. The molecular formula is C34H33F2N5O2. The minimum atomic E-state index is -0.853. The van der Waals surface area contributed by atoms with E-state index < -0.39 is 28.1 Å². The van der Waals surface area contributed by atoms with Crippen LogP contribution in [0.25, 0.3) is 0 Å². The van der Waals surface area contributed by atoms with Gasteiger partial charge in [-0.2, -0.15) is 0 Å². The van der Waals surface area contributed by atoms with Crippen LogP contribution in [0.2, 0.25) is 0 Å². The van der Waals surface area contributed by atoms with Crippen LogP contribution in [0.3, 0.4) is 0 Å².